The number of benzene rings is 1. The molecule has 178 valence electrons. The van der Waals surface area contributed by atoms with E-state index in [0.717, 1.165) is 29.4 Å². The summed E-state index contributed by atoms with van der Waals surface area (Å²) in [6, 6.07) is 11.7. The molecule has 9 heteroatoms. The van der Waals surface area contributed by atoms with E-state index >= 15 is 0 Å². The zero-order chi connectivity index (χ0) is 22.3. The van der Waals surface area contributed by atoms with Crippen molar-refractivity contribution in [1.29, 1.82) is 0 Å². The number of ether oxygens (including phenoxy) is 1. The zero-order valence-corrected chi connectivity index (χ0v) is 22.0. The minimum Gasteiger partial charge on any atom is -0.463 e. The highest BCUT2D eigenvalue weighted by Gasteiger charge is 2.27. The fourth-order valence-electron chi connectivity index (χ4n) is 3.64. The van der Waals surface area contributed by atoms with Crippen LogP contribution in [0.3, 0.4) is 0 Å². The Morgan fingerprint density at radius 2 is 1.94 bits per heavy atom. The fraction of sp³-hybridized carbons (Fsp3) is 0.522. The van der Waals surface area contributed by atoms with Crippen molar-refractivity contribution in [3.63, 3.8) is 0 Å². The van der Waals surface area contributed by atoms with E-state index in [9.17, 15) is 5.11 Å². The predicted molar refractivity (Wildman–Crippen MR) is 139 cm³/mol. The molecule has 1 aromatic carbocycles. The first-order valence-corrected chi connectivity index (χ1v) is 11.2. The van der Waals surface area contributed by atoms with Crippen molar-refractivity contribution in [2.75, 3.05) is 45.9 Å². The van der Waals surface area contributed by atoms with Gasteiger partial charge in [-0.1, -0.05) is 29.8 Å². The number of hydrogen-bond acceptors (Lipinski definition) is 5. The molecule has 2 atom stereocenters. The molecule has 1 aromatic heterocycles. The first kappa shape index (κ1) is 26.9. The maximum atomic E-state index is 10.8. The number of nitrogens with one attached hydrogen (secondary N) is 2. The second-order valence-electron chi connectivity index (χ2n) is 7.95. The lowest BCUT2D eigenvalue weighted by molar-refractivity contribution is 0.0169. The number of aliphatic hydroxyl groups is 1. The molecule has 2 unspecified atom stereocenters. The van der Waals surface area contributed by atoms with Gasteiger partial charge in [-0.3, -0.25) is 4.90 Å². The van der Waals surface area contributed by atoms with Crippen LogP contribution in [0.25, 0.3) is 0 Å². The van der Waals surface area contributed by atoms with Crippen molar-refractivity contribution in [3.8, 4) is 0 Å². The second-order valence-corrected chi connectivity index (χ2v) is 8.35. The van der Waals surface area contributed by atoms with Crippen molar-refractivity contribution in [2.24, 2.45) is 4.99 Å². The van der Waals surface area contributed by atoms with Gasteiger partial charge in [0, 0.05) is 31.2 Å². The topological polar surface area (TPSA) is 82.3 Å². The molecule has 0 radical (unpaired) electrons. The van der Waals surface area contributed by atoms with Gasteiger partial charge in [0.05, 0.1) is 25.8 Å². The van der Waals surface area contributed by atoms with Gasteiger partial charge >= 0.3 is 0 Å². The minimum absolute atomic E-state index is 0. The number of rotatable bonds is 8. The Bertz CT molecular complexity index is 868. The minimum atomic E-state index is -1.19. The Hall–Kier alpha value is -1.33. The predicted octanol–water partition coefficient (Wildman–Crippen LogP) is 3.70. The quantitative estimate of drug-likeness (QED) is 0.253. The van der Waals surface area contributed by atoms with Gasteiger partial charge in [0.25, 0.3) is 0 Å². The smallest absolute Gasteiger partial charge is 0.191 e. The van der Waals surface area contributed by atoms with Crippen LogP contribution in [0.4, 0.5) is 0 Å². The number of nitrogens with zero attached hydrogens (tertiary/aromatic N) is 2. The molecule has 1 aliphatic heterocycles. The highest BCUT2D eigenvalue weighted by molar-refractivity contribution is 14.0. The van der Waals surface area contributed by atoms with Gasteiger partial charge in [-0.15, -0.1) is 24.0 Å². The Morgan fingerprint density at radius 1 is 1.22 bits per heavy atom. The zero-order valence-electron chi connectivity index (χ0n) is 18.9. The van der Waals surface area contributed by atoms with Crippen LogP contribution in [0.1, 0.15) is 37.0 Å². The number of guanidine groups is 1. The number of aryl methyl sites for hydroxylation is 1. The lowest BCUT2D eigenvalue weighted by atomic mass is 10.0. The maximum Gasteiger partial charge on any atom is 0.191 e. The summed E-state index contributed by atoms with van der Waals surface area (Å²) >= 11 is 6.53. The molecule has 7 nitrogen and oxygen atoms in total. The summed E-state index contributed by atoms with van der Waals surface area (Å²) in [7, 11) is 0. The van der Waals surface area contributed by atoms with Gasteiger partial charge in [0.1, 0.15) is 17.1 Å². The Morgan fingerprint density at radius 3 is 2.56 bits per heavy atom. The fourth-order valence-corrected chi connectivity index (χ4v) is 3.90. The molecule has 1 saturated heterocycles. The molecule has 0 spiro atoms. The number of hydrogen-bond donors (Lipinski definition) is 3. The van der Waals surface area contributed by atoms with Crippen molar-refractivity contribution >= 4 is 41.5 Å². The molecule has 3 N–H and O–H groups in total. The maximum absolute atomic E-state index is 10.8. The van der Waals surface area contributed by atoms with Crippen molar-refractivity contribution < 1.29 is 14.3 Å². The van der Waals surface area contributed by atoms with Crippen LogP contribution < -0.4 is 10.6 Å². The van der Waals surface area contributed by atoms with Gasteiger partial charge in [0.15, 0.2) is 5.96 Å². The van der Waals surface area contributed by atoms with Gasteiger partial charge in [-0.05, 0) is 44.5 Å². The summed E-state index contributed by atoms with van der Waals surface area (Å²) in [5.41, 5.74) is -0.115. The third kappa shape index (κ3) is 7.34. The van der Waals surface area contributed by atoms with E-state index in [1.165, 1.54) is 0 Å². The molecule has 32 heavy (non-hydrogen) atoms. The molecule has 0 saturated carbocycles. The average molecular weight is 577 g/mol. The van der Waals surface area contributed by atoms with Gasteiger partial charge < -0.3 is 24.9 Å². The molecule has 0 amide bonds. The summed E-state index contributed by atoms with van der Waals surface area (Å²) in [6.45, 7) is 10.2. The van der Waals surface area contributed by atoms with E-state index < -0.39 is 5.60 Å². The molecular weight excluding hydrogens is 543 g/mol. The molecule has 0 bridgehead atoms. The highest BCUT2D eigenvalue weighted by atomic mass is 127. The summed E-state index contributed by atoms with van der Waals surface area (Å²) in [5.74, 6) is 1.90. The van der Waals surface area contributed by atoms with Gasteiger partial charge in [-0.25, -0.2) is 4.99 Å². The van der Waals surface area contributed by atoms with Crippen LogP contribution in [0, 0.1) is 6.92 Å². The third-order valence-corrected chi connectivity index (χ3v) is 5.72. The van der Waals surface area contributed by atoms with E-state index in [4.69, 9.17) is 20.8 Å². The van der Waals surface area contributed by atoms with Crippen LogP contribution in [-0.4, -0.2) is 61.9 Å². The summed E-state index contributed by atoms with van der Waals surface area (Å²) in [6.07, 6.45) is 0. The van der Waals surface area contributed by atoms with Crippen LogP contribution in [0.2, 0.25) is 5.02 Å². The molecule has 1 fully saturated rings. The van der Waals surface area contributed by atoms with Crippen LogP contribution in [0.5, 0.6) is 0 Å². The summed E-state index contributed by atoms with van der Waals surface area (Å²) in [5, 5.41) is 18.3. The molecule has 2 heterocycles. The van der Waals surface area contributed by atoms with Crippen LogP contribution in [0.15, 0.2) is 45.8 Å². The van der Waals surface area contributed by atoms with E-state index in [0.29, 0.717) is 38.0 Å². The molecule has 2 aromatic rings. The second kappa shape index (κ2) is 12.8. The SMILES string of the molecule is CCNC(=NCC(C)(O)c1ccc(C)o1)NCC(c1ccccc1Cl)N1CCOCC1.I. The summed E-state index contributed by atoms with van der Waals surface area (Å²) in [4.78, 5) is 6.99. The van der Waals surface area contributed by atoms with Gasteiger partial charge in [-0.2, -0.15) is 0 Å². The monoisotopic (exact) mass is 576 g/mol. The van der Waals surface area contributed by atoms with E-state index in [1.807, 2.05) is 38.1 Å². The number of morpholine rings is 1. The highest BCUT2D eigenvalue weighted by Crippen LogP contribution is 2.28. The van der Waals surface area contributed by atoms with E-state index in [1.54, 1.807) is 13.0 Å². The standard InChI is InChI=1S/C23H33ClN4O3.HI/c1-4-25-22(27-16-23(3,29)21-10-9-17(2)31-21)26-15-20(28-11-13-30-14-12-28)18-7-5-6-8-19(18)24;/h5-10,20,29H,4,11-16H2,1-3H3,(H2,25,26,27);1H. The van der Waals surface area contributed by atoms with Gasteiger partial charge in [0.2, 0.25) is 0 Å². The summed E-state index contributed by atoms with van der Waals surface area (Å²) < 4.78 is 11.1. The Kier molecular flexibility index (Phi) is 10.8. The number of aliphatic imine (C=N–C) groups is 1. The normalized spacial score (nSPS) is 17.8. The van der Waals surface area contributed by atoms with Crippen molar-refractivity contribution in [1.82, 2.24) is 15.5 Å². The lowest BCUT2D eigenvalue weighted by Gasteiger charge is -2.35. The number of halogens is 2. The first-order chi connectivity index (χ1) is 14.9. The van der Waals surface area contributed by atoms with E-state index in [-0.39, 0.29) is 36.6 Å². The third-order valence-electron chi connectivity index (χ3n) is 5.37. The molecule has 3 rings (SSSR count). The Labute approximate surface area is 212 Å². The largest absolute Gasteiger partial charge is 0.463 e. The number of furan rings is 1. The van der Waals surface area contributed by atoms with Crippen molar-refractivity contribution in [2.45, 2.75) is 32.4 Å². The van der Waals surface area contributed by atoms with Crippen LogP contribution in [-0.2, 0) is 10.3 Å². The van der Waals surface area contributed by atoms with Crippen LogP contribution >= 0.6 is 35.6 Å². The lowest BCUT2D eigenvalue weighted by Crippen LogP contribution is -2.46. The first-order valence-electron chi connectivity index (χ1n) is 10.8. The van der Waals surface area contributed by atoms with E-state index in [2.05, 4.69) is 26.6 Å². The Balaban J connectivity index is 0.00000363. The van der Waals surface area contributed by atoms with Crippen molar-refractivity contribution in [3.05, 3.63) is 58.5 Å². The average Bonchev–Trinajstić information content (AvgIpc) is 3.21. The molecular formula is C23H34ClIN4O3. The molecule has 1 aliphatic rings. The molecule has 0 aliphatic carbocycles.